The third kappa shape index (κ3) is 7.36. The van der Waals surface area contributed by atoms with Crippen molar-refractivity contribution in [3.8, 4) is 5.88 Å². The van der Waals surface area contributed by atoms with E-state index in [0.717, 1.165) is 12.1 Å². The van der Waals surface area contributed by atoms with Crippen molar-refractivity contribution in [3.05, 3.63) is 53.5 Å². The second-order valence-electron chi connectivity index (χ2n) is 6.26. The lowest BCUT2D eigenvalue weighted by molar-refractivity contribution is -0.136. The molecule has 0 unspecified atom stereocenters. The van der Waals surface area contributed by atoms with Gasteiger partial charge in [0.2, 0.25) is 11.8 Å². The fourth-order valence-corrected chi connectivity index (χ4v) is 2.56. The summed E-state index contributed by atoms with van der Waals surface area (Å²) in [6.07, 6.45) is -8.30. The predicted molar refractivity (Wildman–Crippen MR) is 100 cm³/mol. The number of rotatable bonds is 7. The Labute approximate surface area is 173 Å². The predicted octanol–water partition coefficient (Wildman–Crippen LogP) is 5.06. The summed E-state index contributed by atoms with van der Waals surface area (Å²) in [7, 11) is 0. The highest BCUT2D eigenvalue weighted by atomic mass is 19.4. The van der Waals surface area contributed by atoms with Gasteiger partial charge in [0.05, 0.1) is 30.6 Å². The first-order valence-electron chi connectivity index (χ1n) is 8.66. The second-order valence-corrected chi connectivity index (χ2v) is 6.26. The van der Waals surface area contributed by atoms with E-state index in [1.165, 1.54) is 25.3 Å². The largest absolute Gasteiger partial charge is 0.476 e. The first-order chi connectivity index (χ1) is 14.4. The Balaban J connectivity index is 2.16. The van der Waals surface area contributed by atoms with Gasteiger partial charge in [-0.3, -0.25) is 4.79 Å². The van der Waals surface area contributed by atoms with Gasteiger partial charge in [-0.25, -0.2) is 9.83 Å². The molecule has 1 amide bonds. The molecule has 0 saturated carbocycles. The van der Waals surface area contributed by atoms with Crippen LogP contribution in [0.4, 0.5) is 43.4 Å². The zero-order valence-electron chi connectivity index (χ0n) is 16.0. The van der Waals surface area contributed by atoms with Crippen LogP contribution in [0.5, 0.6) is 5.88 Å². The standard InChI is InChI=1S/C19H16F6N4O2/c1-12(30)28-13-3-6-17(27-10-13)31-8-7-29(11-18(20,21)22)14-4-5-16(26-2)15(9-14)19(23,24)25/h3-6,9-10H,7-8,11H2,1H3,(H,28,30). The van der Waals surface area contributed by atoms with E-state index in [4.69, 9.17) is 11.3 Å². The minimum Gasteiger partial charge on any atom is -0.476 e. The molecule has 0 bridgehead atoms. The van der Waals surface area contributed by atoms with E-state index in [1.807, 2.05) is 0 Å². The molecular weight excluding hydrogens is 430 g/mol. The summed E-state index contributed by atoms with van der Waals surface area (Å²) in [4.78, 5) is 18.3. The topological polar surface area (TPSA) is 58.8 Å². The van der Waals surface area contributed by atoms with Gasteiger partial charge in [-0.1, -0.05) is 6.07 Å². The van der Waals surface area contributed by atoms with Gasteiger partial charge in [-0.2, -0.15) is 26.3 Å². The van der Waals surface area contributed by atoms with Crippen molar-refractivity contribution in [2.75, 3.05) is 29.9 Å². The zero-order valence-corrected chi connectivity index (χ0v) is 16.0. The Morgan fingerprint density at radius 3 is 2.42 bits per heavy atom. The third-order valence-electron chi connectivity index (χ3n) is 3.81. The van der Waals surface area contributed by atoms with Gasteiger partial charge < -0.3 is 15.0 Å². The van der Waals surface area contributed by atoms with E-state index in [-0.39, 0.29) is 24.1 Å². The average molecular weight is 446 g/mol. The summed E-state index contributed by atoms with van der Waals surface area (Å²) in [6, 6.07) is 5.22. The highest BCUT2D eigenvalue weighted by Gasteiger charge is 2.35. The SMILES string of the molecule is [C-]#[N+]c1ccc(N(CCOc2ccc(NC(C)=O)cn2)CC(F)(F)F)cc1C(F)(F)F. The van der Waals surface area contributed by atoms with Crippen LogP contribution in [0.15, 0.2) is 36.5 Å². The molecule has 166 valence electrons. The Kier molecular flexibility index (Phi) is 7.32. The molecule has 1 N–H and O–H groups in total. The molecule has 1 aromatic heterocycles. The number of carbonyl (C=O) groups excluding carboxylic acids is 1. The smallest absolute Gasteiger partial charge is 0.407 e. The average Bonchev–Trinajstić information content (AvgIpc) is 2.66. The van der Waals surface area contributed by atoms with Crippen molar-refractivity contribution in [1.82, 2.24) is 4.98 Å². The van der Waals surface area contributed by atoms with E-state index < -0.39 is 36.7 Å². The van der Waals surface area contributed by atoms with Crippen LogP contribution in [0.3, 0.4) is 0 Å². The summed E-state index contributed by atoms with van der Waals surface area (Å²) < 4.78 is 83.7. The van der Waals surface area contributed by atoms with Gasteiger partial charge >= 0.3 is 12.4 Å². The number of halogens is 6. The van der Waals surface area contributed by atoms with E-state index in [1.54, 1.807) is 0 Å². The molecule has 2 aromatic rings. The second kappa shape index (κ2) is 9.55. The molecule has 2 rings (SSSR count). The number of aromatic nitrogens is 1. The number of hydrogen-bond donors (Lipinski definition) is 1. The molecule has 1 heterocycles. The molecule has 0 aliphatic heterocycles. The fraction of sp³-hybridized carbons (Fsp3) is 0.316. The van der Waals surface area contributed by atoms with Crippen molar-refractivity contribution >= 4 is 23.0 Å². The summed E-state index contributed by atoms with van der Waals surface area (Å²) in [5.41, 5.74) is -1.99. The zero-order chi connectivity index (χ0) is 23.2. The summed E-state index contributed by atoms with van der Waals surface area (Å²) in [5, 5.41) is 2.48. The van der Waals surface area contributed by atoms with Crippen LogP contribution in [0.2, 0.25) is 0 Å². The molecular formula is C19H16F6N4O2. The summed E-state index contributed by atoms with van der Waals surface area (Å²) in [5.74, 6) is -0.263. The summed E-state index contributed by atoms with van der Waals surface area (Å²) in [6.45, 7) is 5.90. The van der Waals surface area contributed by atoms with Crippen LogP contribution in [0, 0.1) is 6.57 Å². The molecule has 31 heavy (non-hydrogen) atoms. The van der Waals surface area contributed by atoms with Gasteiger partial charge in [0.1, 0.15) is 13.2 Å². The minimum absolute atomic E-state index is 0.0559. The molecule has 0 aliphatic rings. The van der Waals surface area contributed by atoms with Crippen molar-refractivity contribution < 1.29 is 35.9 Å². The van der Waals surface area contributed by atoms with Crippen molar-refractivity contribution in [2.45, 2.75) is 19.3 Å². The number of amides is 1. The van der Waals surface area contributed by atoms with Crippen LogP contribution < -0.4 is 15.0 Å². The highest BCUT2D eigenvalue weighted by molar-refractivity contribution is 5.88. The number of anilines is 2. The Hall–Kier alpha value is -3.49. The quantitative estimate of drug-likeness (QED) is 0.477. The molecule has 0 aliphatic carbocycles. The van der Waals surface area contributed by atoms with Gasteiger partial charge in [0.25, 0.3) is 0 Å². The number of alkyl halides is 6. The molecule has 0 radical (unpaired) electrons. The van der Waals surface area contributed by atoms with Gasteiger partial charge in [-0.05, 0) is 18.2 Å². The summed E-state index contributed by atoms with van der Waals surface area (Å²) >= 11 is 0. The van der Waals surface area contributed by atoms with E-state index in [2.05, 4.69) is 15.1 Å². The molecule has 0 fully saturated rings. The lowest BCUT2D eigenvalue weighted by Gasteiger charge is -2.27. The lowest BCUT2D eigenvalue weighted by Crippen LogP contribution is -2.37. The number of pyridine rings is 1. The maximum atomic E-state index is 13.2. The molecule has 0 spiro atoms. The first-order valence-corrected chi connectivity index (χ1v) is 8.66. The maximum absolute atomic E-state index is 13.2. The van der Waals surface area contributed by atoms with Crippen LogP contribution in [0.25, 0.3) is 4.85 Å². The van der Waals surface area contributed by atoms with E-state index in [9.17, 15) is 31.1 Å². The molecule has 0 atom stereocenters. The number of ether oxygens (including phenoxy) is 1. The fourth-order valence-electron chi connectivity index (χ4n) is 2.56. The molecule has 0 saturated heterocycles. The van der Waals surface area contributed by atoms with Crippen LogP contribution in [-0.2, 0) is 11.0 Å². The van der Waals surface area contributed by atoms with E-state index >= 15 is 0 Å². The van der Waals surface area contributed by atoms with Crippen LogP contribution >= 0.6 is 0 Å². The van der Waals surface area contributed by atoms with Gasteiger partial charge in [0, 0.05) is 18.7 Å². The number of nitrogens with one attached hydrogen (secondary N) is 1. The number of benzene rings is 1. The van der Waals surface area contributed by atoms with Crippen molar-refractivity contribution in [3.63, 3.8) is 0 Å². The van der Waals surface area contributed by atoms with E-state index in [0.29, 0.717) is 16.7 Å². The number of carbonyl (C=O) groups is 1. The maximum Gasteiger partial charge on any atom is 0.407 e. The Morgan fingerprint density at radius 2 is 1.90 bits per heavy atom. The molecule has 1 aromatic carbocycles. The normalized spacial score (nSPS) is 11.5. The molecule has 12 heteroatoms. The van der Waals surface area contributed by atoms with Gasteiger partial charge in [-0.15, -0.1) is 0 Å². The Morgan fingerprint density at radius 1 is 1.19 bits per heavy atom. The first kappa shape index (κ1) is 23.8. The third-order valence-corrected chi connectivity index (χ3v) is 3.81. The lowest BCUT2D eigenvalue weighted by atomic mass is 10.1. The Bertz CT molecular complexity index is 952. The number of hydrogen-bond acceptors (Lipinski definition) is 4. The van der Waals surface area contributed by atoms with Crippen molar-refractivity contribution in [1.29, 1.82) is 0 Å². The number of nitrogens with zero attached hydrogens (tertiary/aromatic N) is 3. The van der Waals surface area contributed by atoms with Crippen LogP contribution in [0.1, 0.15) is 12.5 Å². The highest BCUT2D eigenvalue weighted by Crippen LogP contribution is 2.39. The van der Waals surface area contributed by atoms with Crippen molar-refractivity contribution in [2.24, 2.45) is 0 Å². The minimum atomic E-state index is -4.89. The monoisotopic (exact) mass is 446 g/mol. The van der Waals surface area contributed by atoms with Crippen LogP contribution in [-0.4, -0.2) is 36.8 Å². The van der Waals surface area contributed by atoms with Gasteiger partial charge in [0.15, 0.2) is 5.69 Å². The molecule has 6 nitrogen and oxygen atoms in total.